The first-order chi connectivity index (χ1) is 18.5. The van der Waals surface area contributed by atoms with Gasteiger partial charge in [-0.25, -0.2) is 4.90 Å². The first kappa shape index (κ1) is 26.2. The molecule has 2 aliphatic rings. The number of hydrogen-bond donors (Lipinski definition) is 0. The predicted molar refractivity (Wildman–Crippen MR) is 152 cm³/mol. The van der Waals surface area contributed by atoms with Crippen molar-refractivity contribution in [2.45, 2.75) is 46.0 Å². The average Bonchev–Trinajstić information content (AvgIpc) is 2.96. The Labute approximate surface area is 225 Å². The predicted octanol–water partition coefficient (Wildman–Crippen LogP) is 5.07. The fraction of sp³-hybridized carbons (Fsp3) is 0.452. The normalized spacial score (nSPS) is 16.9. The van der Waals surface area contributed by atoms with Crippen molar-refractivity contribution in [3.05, 3.63) is 60.2 Å². The summed E-state index contributed by atoms with van der Waals surface area (Å²) >= 11 is 0. The van der Waals surface area contributed by atoms with Crippen LogP contribution in [-0.4, -0.2) is 61.0 Å². The Morgan fingerprint density at radius 1 is 0.974 bits per heavy atom. The molecule has 0 spiro atoms. The van der Waals surface area contributed by atoms with E-state index in [2.05, 4.69) is 57.2 Å². The van der Waals surface area contributed by atoms with Crippen molar-refractivity contribution in [2.24, 2.45) is 5.92 Å². The molecule has 1 aromatic heterocycles. The number of aromatic nitrogens is 1. The number of amides is 2. The van der Waals surface area contributed by atoms with E-state index in [-0.39, 0.29) is 17.7 Å². The number of ether oxygens (including phenoxy) is 1. The number of piperazine rings is 1. The molecular weight excluding hydrogens is 476 g/mol. The molecule has 0 bridgehead atoms. The van der Waals surface area contributed by atoms with Gasteiger partial charge in [-0.05, 0) is 55.3 Å². The van der Waals surface area contributed by atoms with E-state index in [0.29, 0.717) is 37.6 Å². The quantitative estimate of drug-likeness (QED) is 0.372. The molecule has 1 atom stereocenters. The molecule has 0 N–H and O–H groups in total. The van der Waals surface area contributed by atoms with Gasteiger partial charge in [-0.2, -0.15) is 4.98 Å². The van der Waals surface area contributed by atoms with E-state index in [9.17, 15) is 9.59 Å². The van der Waals surface area contributed by atoms with E-state index < -0.39 is 0 Å². The molecule has 5 rings (SSSR count). The van der Waals surface area contributed by atoms with Gasteiger partial charge in [0.2, 0.25) is 17.7 Å². The number of unbranched alkanes of at least 4 members (excludes halogenated alkanes) is 1. The van der Waals surface area contributed by atoms with E-state index in [1.165, 1.54) is 21.4 Å². The maximum absolute atomic E-state index is 12.8. The summed E-state index contributed by atoms with van der Waals surface area (Å²) in [5.41, 5.74) is 2.26. The number of nitrogens with zero attached hydrogens (tertiary/aromatic N) is 4. The number of aryl methyl sites for hydroxylation is 1. The molecule has 7 nitrogen and oxygen atoms in total. The molecule has 2 amide bonds. The van der Waals surface area contributed by atoms with Crippen LogP contribution in [0.15, 0.2) is 54.6 Å². The molecule has 1 unspecified atom stereocenters. The van der Waals surface area contributed by atoms with Crippen molar-refractivity contribution in [3.63, 3.8) is 0 Å². The highest BCUT2D eigenvalue weighted by Crippen LogP contribution is 2.30. The number of carbonyl (C=O) groups is 2. The van der Waals surface area contributed by atoms with Crippen LogP contribution in [0, 0.1) is 5.92 Å². The maximum atomic E-state index is 12.8. The summed E-state index contributed by atoms with van der Waals surface area (Å²) in [5, 5.41) is 2.62. The van der Waals surface area contributed by atoms with Crippen LogP contribution in [-0.2, 0) is 16.0 Å². The third kappa shape index (κ3) is 5.68. The number of pyridine rings is 1. The van der Waals surface area contributed by atoms with Crippen LogP contribution in [0.3, 0.4) is 0 Å². The summed E-state index contributed by atoms with van der Waals surface area (Å²) in [6.07, 6.45) is 3.62. The SMILES string of the molecule is CCC(C)C(=O)N1C(=O)CCc2ccc(OCCCCN3CCN(c4cccc5ccccc45)CC3)nc21. The minimum atomic E-state index is -0.217. The molecule has 7 heteroatoms. The zero-order valence-corrected chi connectivity index (χ0v) is 22.6. The molecule has 0 aliphatic carbocycles. The van der Waals surface area contributed by atoms with Crippen molar-refractivity contribution in [2.75, 3.05) is 49.1 Å². The molecule has 200 valence electrons. The lowest BCUT2D eigenvalue weighted by Gasteiger charge is -2.36. The summed E-state index contributed by atoms with van der Waals surface area (Å²) < 4.78 is 5.94. The van der Waals surface area contributed by atoms with Crippen LogP contribution in [0.25, 0.3) is 10.8 Å². The highest BCUT2D eigenvalue weighted by molar-refractivity contribution is 6.16. The number of benzene rings is 2. The fourth-order valence-corrected chi connectivity index (χ4v) is 5.33. The summed E-state index contributed by atoms with van der Waals surface area (Å²) in [7, 11) is 0. The number of rotatable bonds is 9. The van der Waals surface area contributed by atoms with Crippen molar-refractivity contribution >= 4 is 34.1 Å². The Balaban J connectivity index is 1.08. The highest BCUT2D eigenvalue weighted by Gasteiger charge is 2.33. The third-order valence-corrected chi connectivity index (χ3v) is 7.85. The standard InChI is InChI=1S/C31H38N4O3/c1-3-23(2)31(37)35-29(36)16-14-25-13-15-28(32-30(25)35)38-22-7-6-17-33-18-20-34(21-19-33)27-12-8-10-24-9-4-5-11-26(24)27/h4-5,8-13,15,23H,3,6-7,14,16-22H2,1-2H3. The smallest absolute Gasteiger partial charge is 0.237 e. The second-order valence-corrected chi connectivity index (χ2v) is 10.4. The minimum absolute atomic E-state index is 0.173. The van der Waals surface area contributed by atoms with Crippen LogP contribution >= 0.6 is 0 Å². The van der Waals surface area contributed by atoms with Gasteiger partial charge in [-0.3, -0.25) is 14.5 Å². The Kier molecular flexibility index (Phi) is 8.23. The fourth-order valence-electron chi connectivity index (χ4n) is 5.33. The number of anilines is 2. The van der Waals surface area contributed by atoms with Gasteiger partial charge in [0, 0.05) is 55.7 Å². The molecule has 3 aromatic rings. The summed E-state index contributed by atoms with van der Waals surface area (Å²) in [6.45, 7) is 9.62. The van der Waals surface area contributed by atoms with Gasteiger partial charge >= 0.3 is 0 Å². The Hall–Kier alpha value is -3.45. The van der Waals surface area contributed by atoms with Crippen LogP contribution in [0.1, 0.15) is 45.1 Å². The van der Waals surface area contributed by atoms with Crippen molar-refractivity contribution in [1.82, 2.24) is 9.88 Å². The molecular formula is C31H38N4O3. The van der Waals surface area contributed by atoms with Crippen LogP contribution in [0.4, 0.5) is 11.5 Å². The molecule has 0 saturated carbocycles. The number of hydrogen-bond acceptors (Lipinski definition) is 6. The third-order valence-electron chi connectivity index (χ3n) is 7.85. The maximum Gasteiger partial charge on any atom is 0.237 e. The van der Waals surface area contributed by atoms with Crippen molar-refractivity contribution in [1.29, 1.82) is 0 Å². The highest BCUT2D eigenvalue weighted by atomic mass is 16.5. The topological polar surface area (TPSA) is 66.0 Å². The van der Waals surface area contributed by atoms with E-state index in [4.69, 9.17) is 4.74 Å². The zero-order chi connectivity index (χ0) is 26.5. The van der Waals surface area contributed by atoms with Crippen LogP contribution in [0.5, 0.6) is 5.88 Å². The van der Waals surface area contributed by atoms with Crippen LogP contribution in [0.2, 0.25) is 0 Å². The lowest BCUT2D eigenvalue weighted by molar-refractivity contribution is -0.128. The minimum Gasteiger partial charge on any atom is -0.478 e. The Morgan fingerprint density at radius 2 is 1.76 bits per heavy atom. The molecule has 0 radical (unpaired) electrons. The lowest BCUT2D eigenvalue weighted by atomic mass is 10.0. The number of imide groups is 1. The second-order valence-electron chi connectivity index (χ2n) is 10.4. The first-order valence-electron chi connectivity index (χ1n) is 14.0. The first-order valence-corrected chi connectivity index (χ1v) is 14.0. The zero-order valence-electron chi connectivity index (χ0n) is 22.6. The monoisotopic (exact) mass is 514 g/mol. The van der Waals surface area contributed by atoms with Gasteiger partial charge < -0.3 is 9.64 Å². The number of carbonyl (C=O) groups excluding carboxylic acids is 2. The van der Waals surface area contributed by atoms with Gasteiger partial charge in [-0.1, -0.05) is 50.2 Å². The Bertz CT molecular complexity index is 1280. The molecule has 3 heterocycles. The summed E-state index contributed by atoms with van der Waals surface area (Å²) in [4.78, 5) is 36.3. The van der Waals surface area contributed by atoms with Gasteiger partial charge in [0.25, 0.3) is 0 Å². The average molecular weight is 515 g/mol. The molecule has 2 aromatic carbocycles. The van der Waals surface area contributed by atoms with Gasteiger partial charge in [-0.15, -0.1) is 0 Å². The largest absolute Gasteiger partial charge is 0.478 e. The van der Waals surface area contributed by atoms with Crippen LogP contribution < -0.4 is 14.5 Å². The van der Waals surface area contributed by atoms with Gasteiger partial charge in [0.15, 0.2) is 0 Å². The molecule has 1 fully saturated rings. The van der Waals surface area contributed by atoms with Crippen molar-refractivity contribution < 1.29 is 14.3 Å². The van der Waals surface area contributed by atoms with Gasteiger partial charge in [0.1, 0.15) is 5.82 Å². The summed E-state index contributed by atoms with van der Waals surface area (Å²) in [6, 6.07) is 19.0. The number of fused-ring (bicyclic) bond motifs is 2. The van der Waals surface area contributed by atoms with E-state index >= 15 is 0 Å². The second kappa shape index (κ2) is 11.9. The van der Waals surface area contributed by atoms with E-state index in [1.54, 1.807) is 0 Å². The molecule has 2 aliphatic heterocycles. The molecule has 1 saturated heterocycles. The van der Waals surface area contributed by atoms with Gasteiger partial charge in [0.05, 0.1) is 6.61 Å². The Morgan fingerprint density at radius 3 is 2.58 bits per heavy atom. The summed E-state index contributed by atoms with van der Waals surface area (Å²) in [5.74, 6) is 0.360. The van der Waals surface area contributed by atoms with Crippen molar-refractivity contribution in [3.8, 4) is 5.88 Å². The molecule has 38 heavy (non-hydrogen) atoms. The lowest BCUT2D eigenvalue weighted by Crippen LogP contribution is -2.46. The van der Waals surface area contributed by atoms with E-state index in [0.717, 1.165) is 51.1 Å². The van der Waals surface area contributed by atoms with E-state index in [1.807, 2.05) is 26.0 Å².